The first-order valence-corrected chi connectivity index (χ1v) is 6.26. The van der Waals surface area contributed by atoms with Gasteiger partial charge in [0, 0.05) is 5.56 Å². The van der Waals surface area contributed by atoms with E-state index in [9.17, 15) is 4.79 Å². The summed E-state index contributed by atoms with van der Waals surface area (Å²) in [6, 6.07) is 5.48. The van der Waals surface area contributed by atoms with Crippen molar-refractivity contribution in [3.63, 3.8) is 0 Å². The molecule has 7 heteroatoms. The van der Waals surface area contributed by atoms with E-state index in [-0.39, 0.29) is 10.9 Å². The van der Waals surface area contributed by atoms with Gasteiger partial charge in [-0.25, -0.2) is 0 Å². The summed E-state index contributed by atoms with van der Waals surface area (Å²) in [6.45, 7) is 1.89. The Labute approximate surface area is 113 Å². The number of nitrogens with zero attached hydrogens (tertiary/aromatic N) is 2. The lowest BCUT2D eigenvalue weighted by atomic mass is 10.1. The Balaban J connectivity index is 2.32. The first-order valence-electron chi connectivity index (χ1n) is 5.07. The molecule has 0 fully saturated rings. The summed E-state index contributed by atoms with van der Waals surface area (Å²) in [4.78, 5) is 12.6. The molecule has 1 amide bonds. The van der Waals surface area contributed by atoms with E-state index in [1.165, 1.54) is 6.20 Å². The maximum absolute atomic E-state index is 11.9. The summed E-state index contributed by atoms with van der Waals surface area (Å²) in [7, 11) is 0. The molecule has 0 spiro atoms. The molecule has 0 unspecified atom stereocenters. The average Bonchev–Trinajstić information content (AvgIpc) is 2.81. The van der Waals surface area contributed by atoms with Crippen LogP contribution in [0.5, 0.6) is 0 Å². The van der Waals surface area contributed by atoms with E-state index in [0.29, 0.717) is 16.1 Å². The van der Waals surface area contributed by atoms with E-state index in [2.05, 4.69) is 14.9 Å². The molecular weight excluding hydrogens is 268 g/mol. The van der Waals surface area contributed by atoms with Gasteiger partial charge < -0.3 is 11.1 Å². The lowest BCUT2D eigenvalue weighted by Crippen LogP contribution is -2.18. The van der Waals surface area contributed by atoms with Gasteiger partial charge in [0.1, 0.15) is 9.87 Å². The van der Waals surface area contributed by atoms with Crippen LogP contribution in [0.15, 0.2) is 24.4 Å². The minimum absolute atomic E-state index is 0.255. The number of benzene rings is 1. The van der Waals surface area contributed by atoms with E-state index in [1.807, 2.05) is 19.1 Å². The molecule has 92 valence electrons. The zero-order valence-electron chi connectivity index (χ0n) is 9.51. The van der Waals surface area contributed by atoms with Crippen molar-refractivity contribution >= 4 is 40.3 Å². The summed E-state index contributed by atoms with van der Waals surface area (Å²) in [5.74, 6) is -0.270. The van der Waals surface area contributed by atoms with Crippen LogP contribution in [0.4, 0.5) is 5.69 Å². The molecule has 0 aliphatic rings. The van der Waals surface area contributed by atoms with Crippen LogP contribution in [0, 0.1) is 6.92 Å². The lowest BCUT2D eigenvalue weighted by Gasteiger charge is -2.11. The summed E-state index contributed by atoms with van der Waals surface area (Å²) in [5.41, 5.74) is 7.86. The number of nitrogens with one attached hydrogen (secondary N) is 1. The number of thiocarbonyl (C=S) groups is 1. The fraction of sp³-hybridized carbons (Fsp3) is 0.0909. The van der Waals surface area contributed by atoms with Crippen molar-refractivity contribution in [3.8, 4) is 0 Å². The highest BCUT2D eigenvalue weighted by Crippen LogP contribution is 2.20. The monoisotopic (exact) mass is 278 g/mol. The molecule has 18 heavy (non-hydrogen) atoms. The van der Waals surface area contributed by atoms with Crippen LogP contribution >= 0.6 is 23.8 Å². The molecule has 1 aromatic carbocycles. The van der Waals surface area contributed by atoms with Crippen LogP contribution in [0.25, 0.3) is 0 Å². The number of rotatable bonds is 3. The number of amides is 1. The van der Waals surface area contributed by atoms with Crippen LogP contribution in [0.3, 0.4) is 0 Å². The SMILES string of the molecule is Cc1cccc(NC(=O)c2cnns2)c1C(N)=S. The molecule has 1 heterocycles. The summed E-state index contributed by atoms with van der Waals surface area (Å²) < 4.78 is 3.64. The molecule has 0 saturated heterocycles. The van der Waals surface area contributed by atoms with Crippen LogP contribution in [0.1, 0.15) is 20.8 Å². The van der Waals surface area contributed by atoms with E-state index in [0.717, 1.165) is 17.1 Å². The van der Waals surface area contributed by atoms with Crippen LogP contribution < -0.4 is 11.1 Å². The quantitative estimate of drug-likeness (QED) is 0.836. The first kappa shape index (κ1) is 12.6. The molecule has 0 saturated carbocycles. The first-order chi connectivity index (χ1) is 8.59. The third kappa shape index (κ3) is 2.52. The summed E-state index contributed by atoms with van der Waals surface area (Å²) in [6.07, 6.45) is 1.41. The van der Waals surface area contributed by atoms with E-state index in [1.54, 1.807) is 6.07 Å². The van der Waals surface area contributed by atoms with Gasteiger partial charge in [0.05, 0.1) is 11.9 Å². The van der Waals surface area contributed by atoms with Crippen molar-refractivity contribution < 1.29 is 4.79 Å². The highest BCUT2D eigenvalue weighted by atomic mass is 32.1. The molecular formula is C11H10N4OS2. The van der Waals surface area contributed by atoms with E-state index < -0.39 is 0 Å². The number of carbonyl (C=O) groups is 1. The smallest absolute Gasteiger partial charge is 0.269 e. The van der Waals surface area contributed by atoms with Gasteiger partial charge in [-0.1, -0.05) is 28.8 Å². The largest absolute Gasteiger partial charge is 0.389 e. The van der Waals surface area contributed by atoms with Crippen molar-refractivity contribution in [2.45, 2.75) is 6.92 Å². The summed E-state index contributed by atoms with van der Waals surface area (Å²) in [5, 5.41) is 6.38. The molecule has 0 aliphatic carbocycles. The molecule has 0 atom stereocenters. The number of carbonyl (C=O) groups excluding carboxylic acids is 1. The number of aryl methyl sites for hydroxylation is 1. The maximum atomic E-state index is 11.9. The van der Waals surface area contributed by atoms with Gasteiger partial charge in [-0.05, 0) is 30.1 Å². The number of anilines is 1. The fourth-order valence-electron chi connectivity index (χ4n) is 1.55. The molecule has 1 aromatic heterocycles. The van der Waals surface area contributed by atoms with Gasteiger partial charge in [0.2, 0.25) is 0 Å². The van der Waals surface area contributed by atoms with Gasteiger partial charge in [0.15, 0.2) is 0 Å². The van der Waals surface area contributed by atoms with Crippen molar-refractivity contribution in [2.75, 3.05) is 5.32 Å². The molecule has 2 rings (SSSR count). The average molecular weight is 278 g/mol. The van der Waals surface area contributed by atoms with Crippen molar-refractivity contribution in [2.24, 2.45) is 5.73 Å². The van der Waals surface area contributed by atoms with Crippen molar-refractivity contribution in [1.82, 2.24) is 9.59 Å². The number of nitrogens with two attached hydrogens (primary N) is 1. The molecule has 2 aromatic rings. The number of hydrogen-bond acceptors (Lipinski definition) is 5. The minimum Gasteiger partial charge on any atom is -0.389 e. The Morgan fingerprint density at radius 3 is 2.89 bits per heavy atom. The van der Waals surface area contributed by atoms with Crippen molar-refractivity contribution in [3.05, 3.63) is 40.4 Å². The zero-order valence-corrected chi connectivity index (χ0v) is 11.1. The number of hydrogen-bond donors (Lipinski definition) is 2. The molecule has 0 radical (unpaired) electrons. The molecule has 0 aliphatic heterocycles. The predicted octanol–water partition coefficient (Wildman–Crippen LogP) is 1.73. The normalized spacial score (nSPS) is 10.1. The minimum atomic E-state index is -0.270. The Morgan fingerprint density at radius 1 is 1.50 bits per heavy atom. The summed E-state index contributed by atoms with van der Waals surface area (Å²) >= 11 is 6.03. The van der Waals surface area contributed by atoms with E-state index >= 15 is 0 Å². The Hall–Kier alpha value is -1.86. The van der Waals surface area contributed by atoms with Crippen LogP contribution in [-0.2, 0) is 0 Å². The second-order valence-electron chi connectivity index (χ2n) is 3.60. The Morgan fingerprint density at radius 2 is 2.28 bits per heavy atom. The van der Waals surface area contributed by atoms with Crippen molar-refractivity contribution in [1.29, 1.82) is 0 Å². The zero-order chi connectivity index (χ0) is 13.1. The lowest BCUT2D eigenvalue weighted by molar-refractivity contribution is 0.103. The standard InChI is InChI=1S/C11H10N4OS2/c1-6-3-2-4-7(9(6)10(12)17)14-11(16)8-5-13-15-18-8/h2-5H,1H3,(H2,12,17)(H,14,16). The maximum Gasteiger partial charge on any atom is 0.269 e. The Kier molecular flexibility index (Phi) is 3.63. The van der Waals surface area contributed by atoms with Crippen LogP contribution in [0.2, 0.25) is 0 Å². The third-order valence-corrected chi connectivity index (χ3v) is 3.22. The molecule has 3 N–H and O–H groups in total. The molecule has 0 bridgehead atoms. The highest BCUT2D eigenvalue weighted by molar-refractivity contribution is 7.80. The van der Waals surface area contributed by atoms with Gasteiger partial charge in [-0.2, -0.15) is 0 Å². The Bertz CT molecular complexity index is 595. The second kappa shape index (κ2) is 5.19. The molecule has 5 nitrogen and oxygen atoms in total. The highest BCUT2D eigenvalue weighted by Gasteiger charge is 2.13. The van der Waals surface area contributed by atoms with Gasteiger partial charge in [0.25, 0.3) is 5.91 Å². The predicted molar refractivity (Wildman–Crippen MR) is 74.9 cm³/mol. The van der Waals surface area contributed by atoms with E-state index in [4.69, 9.17) is 18.0 Å². The fourth-order valence-corrected chi connectivity index (χ4v) is 2.23. The number of aromatic nitrogens is 2. The van der Waals surface area contributed by atoms with Gasteiger partial charge in [-0.15, -0.1) is 5.10 Å². The van der Waals surface area contributed by atoms with Gasteiger partial charge in [-0.3, -0.25) is 4.79 Å². The topological polar surface area (TPSA) is 80.9 Å². The second-order valence-corrected chi connectivity index (χ2v) is 4.82. The third-order valence-electron chi connectivity index (χ3n) is 2.35. The van der Waals surface area contributed by atoms with Crippen LogP contribution in [-0.4, -0.2) is 20.5 Å². The van der Waals surface area contributed by atoms with Gasteiger partial charge >= 0.3 is 0 Å².